The lowest BCUT2D eigenvalue weighted by molar-refractivity contribution is -0.134. The van der Waals surface area contributed by atoms with Gasteiger partial charge in [0.25, 0.3) is 0 Å². The molecule has 5 heteroatoms. The van der Waals surface area contributed by atoms with Crippen molar-refractivity contribution in [3.63, 3.8) is 0 Å². The van der Waals surface area contributed by atoms with Crippen molar-refractivity contribution < 1.29 is 24.5 Å². The largest absolute Gasteiger partial charge is 0.466 e. The molecule has 1 rings (SSSR count). The zero-order chi connectivity index (χ0) is 20.3. The Hall–Kier alpha value is -1.72. The summed E-state index contributed by atoms with van der Waals surface area (Å²) >= 11 is 0. The molecule has 5 nitrogen and oxygen atoms in total. The van der Waals surface area contributed by atoms with Crippen LogP contribution in [0.5, 0.6) is 0 Å². The van der Waals surface area contributed by atoms with E-state index in [4.69, 9.17) is 0 Å². The van der Waals surface area contributed by atoms with E-state index in [9.17, 15) is 19.8 Å². The first kappa shape index (κ1) is 23.3. The lowest BCUT2D eigenvalue weighted by Crippen LogP contribution is -2.23. The van der Waals surface area contributed by atoms with Crippen molar-refractivity contribution in [1.82, 2.24) is 0 Å². The molecular weight excluding hydrogens is 344 g/mol. The lowest BCUT2D eigenvalue weighted by atomic mass is 9.89. The molecule has 0 aromatic heterocycles. The molecule has 0 amide bonds. The highest BCUT2D eigenvalue weighted by molar-refractivity contribution is 5.84. The van der Waals surface area contributed by atoms with E-state index < -0.39 is 17.7 Å². The van der Waals surface area contributed by atoms with Crippen molar-refractivity contribution in [2.45, 2.75) is 70.5 Å². The standard InChI is InChI=1S/C22H34O5/c1-4-5-14-22(2,26)15-10-12-18-17(19(23)16-20(18)24)11-8-6-7-9-13-21(25)27-3/h6,8-10,12-13,17-18,20,24,26H,4-5,7,11,14-16H2,1-3H3/b8-6-,12-10+,13-9+/t17-,18-,20-,22?/m1/s1. The molecule has 0 spiro atoms. The van der Waals surface area contributed by atoms with Gasteiger partial charge in [0.05, 0.1) is 18.8 Å². The molecule has 1 unspecified atom stereocenters. The van der Waals surface area contributed by atoms with Gasteiger partial charge < -0.3 is 14.9 Å². The fourth-order valence-corrected chi connectivity index (χ4v) is 3.32. The highest BCUT2D eigenvalue weighted by Gasteiger charge is 2.39. The van der Waals surface area contributed by atoms with Crippen LogP contribution in [0.2, 0.25) is 0 Å². The number of unbranched alkanes of at least 4 members (excludes halogenated alkanes) is 1. The van der Waals surface area contributed by atoms with Crippen molar-refractivity contribution in [3.8, 4) is 0 Å². The number of methoxy groups -OCH3 is 1. The van der Waals surface area contributed by atoms with Gasteiger partial charge in [0.15, 0.2) is 0 Å². The summed E-state index contributed by atoms with van der Waals surface area (Å²) in [5.41, 5.74) is -0.749. The second kappa shape index (κ2) is 11.9. The summed E-state index contributed by atoms with van der Waals surface area (Å²) < 4.78 is 4.51. The molecule has 152 valence electrons. The van der Waals surface area contributed by atoms with E-state index in [2.05, 4.69) is 11.7 Å². The molecule has 0 radical (unpaired) electrons. The lowest BCUT2D eigenvalue weighted by Gasteiger charge is -2.22. The Morgan fingerprint density at radius 3 is 2.70 bits per heavy atom. The minimum Gasteiger partial charge on any atom is -0.466 e. The fourth-order valence-electron chi connectivity index (χ4n) is 3.32. The second-order valence-electron chi connectivity index (χ2n) is 7.52. The van der Waals surface area contributed by atoms with Gasteiger partial charge in [-0.05, 0) is 32.6 Å². The van der Waals surface area contributed by atoms with E-state index in [-0.39, 0.29) is 24.0 Å². The highest BCUT2D eigenvalue weighted by Crippen LogP contribution is 2.33. The van der Waals surface area contributed by atoms with Crippen LogP contribution in [0, 0.1) is 11.8 Å². The van der Waals surface area contributed by atoms with Crippen LogP contribution in [0.1, 0.15) is 58.8 Å². The number of ketones is 1. The molecule has 0 aromatic rings. The molecule has 1 saturated carbocycles. The number of aliphatic hydroxyl groups excluding tert-OH is 1. The Kier molecular flexibility index (Phi) is 10.3. The Morgan fingerprint density at radius 2 is 2.04 bits per heavy atom. The summed E-state index contributed by atoms with van der Waals surface area (Å²) in [5, 5.41) is 20.6. The summed E-state index contributed by atoms with van der Waals surface area (Å²) in [6.45, 7) is 3.92. The summed E-state index contributed by atoms with van der Waals surface area (Å²) in [6, 6.07) is 0. The third-order valence-corrected chi connectivity index (χ3v) is 5.00. The minimum atomic E-state index is -0.749. The van der Waals surface area contributed by atoms with Crippen molar-refractivity contribution in [2.24, 2.45) is 11.8 Å². The fraction of sp³-hybridized carbons (Fsp3) is 0.636. The topological polar surface area (TPSA) is 83.8 Å². The smallest absolute Gasteiger partial charge is 0.330 e. The Bertz CT molecular complexity index is 559. The van der Waals surface area contributed by atoms with Crippen LogP contribution in [0.25, 0.3) is 0 Å². The van der Waals surface area contributed by atoms with Crippen LogP contribution >= 0.6 is 0 Å². The van der Waals surface area contributed by atoms with Crippen LogP contribution in [0.15, 0.2) is 36.5 Å². The number of rotatable bonds is 11. The third-order valence-electron chi connectivity index (χ3n) is 5.00. The predicted octanol–water partition coefficient (Wildman–Crippen LogP) is 3.51. The number of hydrogen-bond donors (Lipinski definition) is 2. The molecular formula is C22H34O5. The molecule has 0 bridgehead atoms. The van der Waals surface area contributed by atoms with Gasteiger partial charge in [0.1, 0.15) is 5.78 Å². The van der Waals surface area contributed by atoms with E-state index in [1.165, 1.54) is 13.2 Å². The number of allylic oxidation sites excluding steroid dienone is 3. The molecule has 0 saturated heterocycles. The van der Waals surface area contributed by atoms with Gasteiger partial charge in [-0.3, -0.25) is 4.79 Å². The van der Waals surface area contributed by atoms with Crippen molar-refractivity contribution >= 4 is 11.8 Å². The van der Waals surface area contributed by atoms with Gasteiger partial charge in [0.2, 0.25) is 0 Å². The van der Waals surface area contributed by atoms with Crippen molar-refractivity contribution in [3.05, 3.63) is 36.5 Å². The van der Waals surface area contributed by atoms with E-state index in [1.807, 2.05) is 31.2 Å². The van der Waals surface area contributed by atoms with Gasteiger partial charge >= 0.3 is 5.97 Å². The van der Waals surface area contributed by atoms with E-state index >= 15 is 0 Å². The van der Waals surface area contributed by atoms with E-state index in [1.54, 1.807) is 6.08 Å². The van der Waals surface area contributed by atoms with Gasteiger partial charge in [0, 0.05) is 24.3 Å². The van der Waals surface area contributed by atoms with Crippen LogP contribution < -0.4 is 0 Å². The normalized spacial score (nSPS) is 25.7. The Morgan fingerprint density at radius 1 is 1.30 bits per heavy atom. The van der Waals surface area contributed by atoms with Gasteiger partial charge in [-0.15, -0.1) is 0 Å². The molecule has 0 aliphatic heterocycles. The molecule has 0 heterocycles. The van der Waals surface area contributed by atoms with E-state index in [0.29, 0.717) is 19.3 Å². The molecule has 1 aliphatic rings. The zero-order valence-electron chi connectivity index (χ0n) is 16.8. The number of aliphatic hydroxyl groups is 2. The highest BCUT2D eigenvalue weighted by atomic mass is 16.5. The summed E-state index contributed by atoms with van der Waals surface area (Å²) in [7, 11) is 1.33. The molecule has 1 fully saturated rings. The monoisotopic (exact) mass is 378 g/mol. The molecule has 0 aromatic carbocycles. The first-order chi connectivity index (χ1) is 12.8. The van der Waals surface area contributed by atoms with Gasteiger partial charge in [-0.1, -0.05) is 50.1 Å². The molecule has 27 heavy (non-hydrogen) atoms. The number of esters is 1. The maximum absolute atomic E-state index is 12.2. The number of hydrogen-bond acceptors (Lipinski definition) is 5. The maximum Gasteiger partial charge on any atom is 0.330 e. The number of ether oxygens (including phenoxy) is 1. The maximum atomic E-state index is 12.2. The Labute approximate surface area is 162 Å². The van der Waals surface area contributed by atoms with Crippen LogP contribution in [0.4, 0.5) is 0 Å². The molecule has 1 aliphatic carbocycles. The summed E-state index contributed by atoms with van der Waals surface area (Å²) in [4.78, 5) is 23.2. The minimum absolute atomic E-state index is 0.0737. The molecule has 4 atom stereocenters. The van der Waals surface area contributed by atoms with Gasteiger partial charge in [-0.2, -0.15) is 0 Å². The second-order valence-corrected chi connectivity index (χ2v) is 7.52. The predicted molar refractivity (Wildman–Crippen MR) is 106 cm³/mol. The summed E-state index contributed by atoms with van der Waals surface area (Å²) in [5.74, 6) is -0.769. The van der Waals surface area contributed by atoms with Crippen LogP contribution in [0.3, 0.4) is 0 Å². The first-order valence-corrected chi connectivity index (χ1v) is 9.80. The third kappa shape index (κ3) is 8.67. The van der Waals surface area contributed by atoms with Gasteiger partial charge in [-0.25, -0.2) is 4.79 Å². The molecule has 2 N–H and O–H groups in total. The van der Waals surface area contributed by atoms with E-state index in [0.717, 1.165) is 19.3 Å². The quantitative estimate of drug-likeness (QED) is 0.327. The number of Topliss-reactive ketones (excluding diaryl/α,β-unsaturated/α-hetero) is 1. The Balaban J connectivity index is 2.56. The van der Waals surface area contributed by atoms with Crippen LogP contribution in [-0.4, -0.2) is 40.8 Å². The first-order valence-electron chi connectivity index (χ1n) is 9.80. The van der Waals surface area contributed by atoms with Crippen molar-refractivity contribution in [2.75, 3.05) is 7.11 Å². The van der Waals surface area contributed by atoms with Crippen molar-refractivity contribution in [1.29, 1.82) is 0 Å². The average Bonchev–Trinajstić information content (AvgIpc) is 2.89. The van der Waals surface area contributed by atoms with Crippen LogP contribution in [-0.2, 0) is 14.3 Å². The average molecular weight is 379 g/mol. The number of carbonyl (C=O) groups is 2. The zero-order valence-corrected chi connectivity index (χ0v) is 16.8. The summed E-state index contributed by atoms with van der Waals surface area (Å²) in [6.07, 6.45) is 14.6. The SMILES string of the molecule is CCCCC(C)(O)C/C=C/[C@H]1[C@H](O)CC(=O)[C@@H]1C/C=C\C/C=C/C(=O)OC. The number of carbonyl (C=O) groups excluding carboxylic acids is 2.